The van der Waals surface area contributed by atoms with E-state index in [9.17, 15) is 12.8 Å². The summed E-state index contributed by atoms with van der Waals surface area (Å²) < 4.78 is 39.6. The summed E-state index contributed by atoms with van der Waals surface area (Å²) in [4.78, 5) is -0.253. The van der Waals surface area contributed by atoms with Crippen LogP contribution in [0.5, 0.6) is 0 Å². The maximum Gasteiger partial charge on any atom is 0.245 e. The Morgan fingerprint density at radius 3 is 2.55 bits per heavy atom. The fraction of sp³-hybridized carbons (Fsp3) is 0.571. The third-order valence-electron chi connectivity index (χ3n) is 2.94. The lowest BCUT2D eigenvalue weighted by molar-refractivity contribution is 0.461. The molecule has 4 nitrogen and oxygen atoms in total. The topological polar surface area (TPSA) is 49.4 Å². The van der Waals surface area contributed by atoms with Crippen LogP contribution in [0, 0.1) is 5.82 Å². The zero-order valence-corrected chi connectivity index (χ0v) is 13.3. The van der Waals surface area contributed by atoms with Gasteiger partial charge in [0, 0.05) is 26.2 Å². The van der Waals surface area contributed by atoms with Crippen LogP contribution in [0.2, 0.25) is 0 Å². The van der Waals surface area contributed by atoms with Gasteiger partial charge >= 0.3 is 0 Å². The molecule has 0 aliphatic heterocycles. The third kappa shape index (κ3) is 4.26. The van der Waals surface area contributed by atoms with E-state index in [1.165, 1.54) is 23.5 Å². The van der Waals surface area contributed by atoms with Crippen LogP contribution >= 0.6 is 0 Å². The van der Waals surface area contributed by atoms with E-state index in [4.69, 9.17) is 0 Å². The second-order valence-electron chi connectivity index (χ2n) is 5.13. The van der Waals surface area contributed by atoms with Crippen molar-refractivity contribution in [2.45, 2.75) is 44.7 Å². The first-order valence-corrected chi connectivity index (χ1v) is 8.21. The van der Waals surface area contributed by atoms with Crippen molar-refractivity contribution in [1.82, 2.24) is 9.62 Å². The lowest BCUT2D eigenvalue weighted by Gasteiger charge is -2.17. The zero-order valence-electron chi connectivity index (χ0n) is 12.5. The maximum atomic E-state index is 13.8. The number of halogens is 1. The standard InChI is InChI=1S/C14H23FN2O2S/c1-5-8-17(4)20(18,19)14-9-12(6-7-13(14)15)10-16-11(2)3/h6-7,9,11,16H,5,8,10H2,1-4H3. The smallest absolute Gasteiger partial charge is 0.245 e. The van der Waals surface area contributed by atoms with Gasteiger partial charge in [-0.1, -0.05) is 26.8 Å². The van der Waals surface area contributed by atoms with Gasteiger partial charge in [-0.25, -0.2) is 17.1 Å². The molecule has 0 atom stereocenters. The van der Waals surface area contributed by atoms with E-state index in [0.29, 0.717) is 19.5 Å². The molecule has 20 heavy (non-hydrogen) atoms. The highest BCUT2D eigenvalue weighted by molar-refractivity contribution is 7.89. The first kappa shape index (κ1) is 17.1. The van der Waals surface area contributed by atoms with Crippen molar-refractivity contribution in [1.29, 1.82) is 0 Å². The van der Waals surface area contributed by atoms with Gasteiger partial charge in [-0.3, -0.25) is 0 Å². The molecule has 0 amide bonds. The number of rotatable bonds is 7. The van der Waals surface area contributed by atoms with E-state index in [1.54, 1.807) is 6.07 Å². The molecule has 114 valence electrons. The Hall–Kier alpha value is -0.980. The molecule has 0 fully saturated rings. The number of hydrogen-bond acceptors (Lipinski definition) is 3. The summed E-state index contributed by atoms with van der Waals surface area (Å²) >= 11 is 0. The molecule has 0 spiro atoms. The largest absolute Gasteiger partial charge is 0.310 e. The summed E-state index contributed by atoms with van der Waals surface area (Å²) in [7, 11) is -2.29. The zero-order chi connectivity index (χ0) is 15.3. The van der Waals surface area contributed by atoms with Crippen LogP contribution in [-0.4, -0.2) is 32.4 Å². The molecule has 1 aromatic rings. The Balaban J connectivity index is 3.07. The predicted molar refractivity (Wildman–Crippen MR) is 78.5 cm³/mol. The van der Waals surface area contributed by atoms with E-state index < -0.39 is 15.8 Å². The van der Waals surface area contributed by atoms with Crippen LogP contribution < -0.4 is 5.32 Å². The van der Waals surface area contributed by atoms with Gasteiger partial charge in [0.1, 0.15) is 10.7 Å². The quantitative estimate of drug-likeness (QED) is 0.841. The van der Waals surface area contributed by atoms with Crippen LogP contribution in [-0.2, 0) is 16.6 Å². The van der Waals surface area contributed by atoms with Gasteiger partial charge in [0.25, 0.3) is 0 Å². The minimum atomic E-state index is -3.76. The van der Waals surface area contributed by atoms with Crippen molar-refractivity contribution in [3.05, 3.63) is 29.6 Å². The molecule has 1 rings (SSSR count). The van der Waals surface area contributed by atoms with E-state index in [-0.39, 0.29) is 10.9 Å². The molecular weight excluding hydrogens is 279 g/mol. The molecule has 0 unspecified atom stereocenters. The average molecular weight is 302 g/mol. The Morgan fingerprint density at radius 1 is 1.35 bits per heavy atom. The Labute approximate surface area is 121 Å². The van der Waals surface area contributed by atoms with Crippen LogP contribution in [0.25, 0.3) is 0 Å². The Bertz CT molecular complexity index is 544. The summed E-state index contributed by atoms with van der Waals surface area (Å²) in [5, 5.41) is 3.18. The number of nitrogens with one attached hydrogen (secondary N) is 1. The highest BCUT2D eigenvalue weighted by Crippen LogP contribution is 2.20. The van der Waals surface area contributed by atoms with E-state index in [0.717, 1.165) is 5.56 Å². The summed E-state index contributed by atoms with van der Waals surface area (Å²) in [5.41, 5.74) is 0.753. The number of hydrogen-bond donors (Lipinski definition) is 1. The van der Waals surface area contributed by atoms with Crippen molar-refractivity contribution in [3.8, 4) is 0 Å². The van der Waals surface area contributed by atoms with Gasteiger partial charge in [-0.05, 0) is 24.1 Å². The second-order valence-corrected chi connectivity index (χ2v) is 7.14. The van der Waals surface area contributed by atoms with Gasteiger partial charge in [-0.2, -0.15) is 0 Å². The molecule has 0 saturated carbocycles. The van der Waals surface area contributed by atoms with E-state index in [2.05, 4.69) is 5.32 Å². The first-order valence-electron chi connectivity index (χ1n) is 6.77. The molecule has 0 heterocycles. The fourth-order valence-electron chi connectivity index (χ4n) is 1.78. The first-order chi connectivity index (χ1) is 9.28. The van der Waals surface area contributed by atoms with Crippen molar-refractivity contribution in [2.75, 3.05) is 13.6 Å². The Morgan fingerprint density at radius 2 is 2.00 bits per heavy atom. The molecule has 1 N–H and O–H groups in total. The molecule has 0 radical (unpaired) electrons. The summed E-state index contributed by atoms with van der Waals surface area (Å²) in [6.45, 7) is 6.76. The molecule has 6 heteroatoms. The average Bonchev–Trinajstić information content (AvgIpc) is 2.37. The molecular formula is C14H23FN2O2S. The summed E-state index contributed by atoms with van der Waals surface area (Å²) in [6, 6.07) is 4.50. The second kappa shape index (κ2) is 7.15. The minimum Gasteiger partial charge on any atom is -0.310 e. The monoisotopic (exact) mass is 302 g/mol. The van der Waals surface area contributed by atoms with Crippen LogP contribution in [0.15, 0.2) is 23.1 Å². The Kier molecular flexibility index (Phi) is 6.10. The highest BCUT2D eigenvalue weighted by Gasteiger charge is 2.24. The minimum absolute atomic E-state index is 0.253. The normalized spacial score (nSPS) is 12.3. The van der Waals surface area contributed by atoms with Crippen molar-refractivity contribution in [3.63, 3.8) is 0 Å². The van der Waals surface area contributed by atoms with Crippen molar-refractivity contribution < 1.29 is 12.8 Å². The molecule has 0 bridgehead atoms. The molecule has 0 aliphatic rings. The van der Waals surface area contributed by atoms with Crippen LogP contribution in [0.4, 0.5) is 4.39 Å². The van der Waals surface area contributed by atoms with Gasteiger partial charge < -0.3 is 5.32 Å². The van der Waals surface area contributed by atoms with Crippen LogP contribution in [0.1, 0.15) is 32.8 Å². The summed E-state index contributed by atoms with van der Waals surface area (Å²) in [6.07, 6.45) is 0.686. The van der Waals surface area contributed by atoms with E-state index in [1.807, 2.05) is 20.8 Å². The van der Waals surface area contributed by atoms with E-state index >= 15 is 0 Å². The number of benzene rings is 1. The van der Waals surface area contributed by atoms with Crippen molar-refractivity contribution >= 4 is 10.0 Å². The van der Waals surface area contributed by atoms with Gasteiger partial charge in [0.15, 0.2) is 0 Å². The lowest BCUT2D eigenvalue weighted by atomic mass is 10.2. The molecule has 0 aromatic heterocycles. The molecule has 1 aromatic carbocycles. The predicted octanol–water partition coefficient (Wildman–Crippen LogP) is 2.35. The van der Waals surface area contributed by atoms with Gasteiger partial charge in [0.05, 0.1) is 0 Å². The SMILES string of the molecule is CCCN(C)S(=O)(=O)c1cc(CNC(C)C)ccc1F. The number of nitrogens with zero attached hydrogens (tertiary/aromatic N) is 1. The fourth-order valence-corrected chi connectivity index (χ4v) is 3.15. The van der Waals surface area contributed by atoms with Crippen molar-refractivity contribution in [2.24, 2.45) is 0 Å². The molecule has 0 saturated heterocycles. The highest BCUT2D eigenvalue weighted by atomic mass is 32.2. The van der Waals surface area contributed by atoms with Gasteiger partial charge in [-0.15, -0.1) is 0 Å². The maximum absolute atomic E-state index is 13.8. The lowest BCUT2D eigenvalue weighted by Crippen LogP contribution is -2.28. The molecule has 0 aliphatic carbocycles. The third-order valence-corrected chi connectivity index (χ3v) is 4.81. The van der Waals surface area contributed by atoms with Crippen LogP contribution in [0.3, 0.4) is 0 Å². The summed E-state index contributed by atoms with van der Waals surface area (Å²) in [5.74, 6) is -0.707. The number of sulfonamides is 1. The van der Waals surface area contributed by atoms with Gasteiger partial charge in [0.2, 0.25) is 10.0 Å².